The van der Waals surface area contributed by atoms with E-state index >= 15 is 0 Å². The molecule has 0 bridgehead atoms. The average molecular weight is 184 g/mol. The second-order valence-corrected chi connectivity index (χ2v) is 1.77. The number of carboxylic acids is 2. The van der Waals surface area contributed by atoms with Gasteiger partial charge >= 0.3 is 11.9 Å². The van der Waals surface area contributed by atoms with E-state index in [0.29, 0.717) is 0 Å². The fraction of sp³-hybridized carbons (Fsp3) is 0.111. The number of allylic oxidation sites excluding steroid dienone is 3. The molecule has 0 amide bonds. The molecular weight excluding hydrogens is 172 g/mol. The smallest absolute Gasteiger partial charge is 0.328 e. The van der Waals surface area contributed by atoms with E-state index in [1.54, 1.807) is 12.2 Å². The van der Waals surface area contributed by atoms with Crippen LogP contribution in [0.4, 0.5) is 0 Å². The van der Waals surface area contributed by atoms with E-state index < -0.39 is 11.9 Å². The lowest BCUT2D eigenvalue weighted by molar-refractivity contribution is -0.132. The minimum Gasteiger partial charge on any atom is -0.478 e. The molecule has 4 heteroatoms. The van der Waals surface area contributed by atoms with E-state index in [0.717, 1.165) is 12.2 Å². The summed E-state index contributed by atoms with van der Waals surface area (Å²) >= 11 is 0. The van der Waals surface area contributed by atoms with E-state index in [1.165, 1.54) is 6.08 Å². The maximum absolute atomic E-state index is 9.75. The first-order valence-electron chi connectivity index (χ1n) is 3.42. The molecule has 13 heavy (non-hydrogen) atoms. The van der Waals surface area contributed by atoms with E-state index in [4.69, 9.17) is 10.2 Å². The molecular formula is C9H12O4. The van der Waals surface area contributed by atoms with Crippen molar-refractivity contribution in [3.63, 3.8) is 0 Å². The third-order valence-corrected chi connectivity index (χ3v) is 0.717. The molecule has 0 aliphatic carbocycles. The summed E-state index contributed by atoms with van der Waals surface area (Å²) < 4.78 is 0. The Kier molecular flexibility index (Phi) is 10.7. The fourth-order valence-electron chi connectivity index (χ4n) is 0.249. The van der Waals surface area contributed by atoms with Gasteiger partial charge in [0.25, 0.3) is 0 Å². The lowest BCUT2D eigenvalue weighted by atomic mass is 10.4. The van der Waals surface area contributed by atoms with Crippen molar-refractivity contribution in [3.05, 3.63) is 37.0 Å². The summed E-state index contributed by atoms with van der Waals surface area (Å²) in [4.78, 5) is 19.0. The molecule has 0 saturated heterocycles. The summed E-state index contributed by atoms with van der Waals surface area (Å²) in [6, 6.07) is 0. The molecule has 0 rings (SSSR count). The van der Waals surface area contributed by atoms with Crippen molar-refractivity contribution in [1.82, 2.24) is 0 Å². The number of rotatable bonds is 3. The molecule has 0 atom stereocenters. The van der Waals surface area contributed by atoms with Gasteiger partial charge in [-0.25, -0.2) is 9.59 Å². The highest BCUT2D eigenvalue weighted by Crippen LogP contribution is 1.74. The van der Waals surface area contributed by atoms with Crippen molar-refractivity contribution in [2.24, 2.45) is 0 Å². The van der Waals surface area contributed by atoms with Crippen molar-refractivity contribution in [1.29, 1.82) is 0 Å². The minimum absolute atomic E-state index is 0.833. The van der Waals surface area contributed by atoms with Gasteiger partial charge in [0.1, 0.15) is 0 Å². The highest BCUT2D eigenvalue weighted by Gasteiger charge is 1.78. The van der Waals surface area contributed by atoms with Crippen molar-refractivity contribution in [2.45, 2.75) is 6.92 Å². The van der Waals surface area contributed by atoms with Gasteiger partial charge in [0.05, 0.1) is 0 Å². The monoisotopic (exact) mass is 184 g/mol. The molecule has 0 aromatic carbocycles. The topological polar surface area (TPSA) is 74.6 Å². The van der Waals surface area contributed by atoms with Gasteiger partial charge in [-0.05, 0) is 6.92 Å². The van der Waals surface area contributed by atoms with E-state index in [2.05, 4.69) is 6.58 Å². The van der Waals surface area contributed by atoms with Crippen molar-refractivity contribution < 1.29 is 19.8 Å². The molecule has 0 saturated carbocycles. The molecule has 0 spiro atoms. The van der Waals surface area contributed by atoms with Crippen LogP contribution in [0.2, 0.25) is 0 Å². The van der Waals surface area contributed by atoms with Crippen LogP contribution in [-0.2, 0) is 9.59 Å². The lowest BCUT2D eigenvalue weighted by Gasteiger charge is -1.72. The number of carboxylic acid groups (broad SMARTS) is 2. The van der Waals surface area contributed by atoms with Crippen LogP contribution in [0.3, 0.4) is 0 Å². The third-order valence-electron chi connectivity index (χ3n) is 0.717. The van der Waals surface area contributed by atoms with Crippen molar-refractivity contribution >= 4 is 11.9 Å². The van der Waals surface area contributed by atoms with Crippen LogP contribution in [0.1, 0.15) is 6.92 Å². The number of carbonyl (C=O) groups is 2. The average Bonchev–Trinajstić information content (AvgIpc) is 2.05. The zero-order valence-electron chi connectivity index (χ0n) is 7.30. The normalized spacial score (nSPS) is 9.31. The molecule has 0 aliphatic heterocycles. The predicted octanol–water partition coefficient (Wildman–Crippen LogP) is 1.46. The Labute approximate surface area is 76.5 Å². The van der Waals surface area contributed by atoms with Crippen LogP contribution in [0.25, 0.3) is 0 Å². The molecule has 0 aliphatic rings. The maximum Gasteiger partial charge on any atom is 0.328 e. The van der Waals surface area contributed by atoms with Gasteiger partial charge in [0, 0.05) is 12.2 Å². The number of hydrogen-bond acceptors (Lipinski definition) is 2. The summed E-state index contributed by atoms with van der Waals surface area (Å²) in [5, 5.41) is 15.6. The van der Waals surface area contributed by atoms with Gasteiger partial charge in [-0.2, -0.15) is 0 Å². The SMILES string of the molecule is C=CC(=O)O.CC=CC=CC(=O)O. The zero-order chi connectivity index (χ0) is 10.7. The molecule has 4 nitrogen and oxygen atoms in total. The summed E-state index contributed by atoms with van der Waals surface area (Å²) in [7, 11) is 0. The van der Waals surface area contributed by atoms with Gasteiger partial charge in [-0.15, -0.1) is 0 Å². The molecule has 72 valence electrons. The van der Waals surface area contributed by atoms with Gasteiger partial charge in [-0.3, -0.25) is 0 Å². The highest BCUT2D eigenvalue weighted by atomic mass is 16.4. The Morgan fingerprint density at radius 1 is 1.15 bits per heavy atom. The summed E-state index contributed by atoms with van der Waals surface area (Å²) in [6.45, 7) is 4.79. The van der Waals surface area contributed by atoms with E-state index in [1.807, 2.05) is 6.92 Å². The van der Waals surface area contributed by atoms with Gasteiger partial charge in [0.2, 0.25) is 0 Å². The Balaban J connectivity index is 0. The molecule has 0 heterocycles. The Morgan fingerprint density at radius 3 is 1.85 bits per heavy atom. The largest absolute Gasteiger partial charge is 0.478 e. The quantitative estimate of drug-likeness (QED) is 0.514. The predicted molar refractivity (Wildman–Crippen MR) is 49.4 cm³/mol. The first kappa shape index (κ1) is 13.7. The molecule has 0 fully saturated rings. The van der Waals surface area contributed by atoms with Crippen molar-refractivity contribution in [3.8, 4) is 0 Å². The third kappa shape index (κ3) is 25.4. The van der Waals surface area contributed by atoms with E-state index in [9.17, 15) is 9.59 Å². The Morgan fingerprint density at radius 2 is 1.62 bits per heavy atom. The van der Waals surface area contributed by atoms with Crippen LogP contribution in [0.15, 0.2) is 37.0 Å². The van der Waals surface area contributed by atoms with Crippen LogP contribution in [0, 0.1) is 0 Å². The number of aliphatic carboxylic acids is 2. The highest BCUT2D eigenvalue weighted by molar-refractivity contribution is 5.80. The van der Waals surface area contributed by atoms with Crippen LogP contribution < -0.4 is 0 Å². The second-order valence-electron chi connectivity index (χ2n) is 1.77. The van der Waals surface area contributed by atoms with Crippen LogP contribution in [-0.4, -0.2) is 22.2 Å². The summed E-state index contributed by atoms with van der Waals surface area (Å²) in [5.74, 6) is -1.90. The fourth-order valence-corrected chi connectivity index (χ4v) is 0.249. The molecule has 0 unspecified atom stereocenters. The molecule has 2 N–H and O–H groups in total. The summed E-state index contributed by atoms with van der Waals surface area (Å²) in [6.07, 6.45) is 6.82. The van der Waals surface area contributed by atoms with Crippen LogP contribution in [0.5, 0.6) is 0 Å². The zero-order valence-corrected chi connectivity index (χ0v) is 7.30. The van der Waals surface area contributed by atoms with Crippen molar-refractivity contribution in [2.75, 3.05) is 0 Å². The first-order chi connectivity index (χ1) is 6.04. The standard InChI is InChI=1S/C6H8O2.C3H4O2/c1-2-3-4-5-6(7)8;1-2-3(4)5/h2-5H,1H3,(H,7,8);2H,1H2,(H,4,5). The summed E-state index contributed by atoms with van der Waals surface area (Å²) in [5.41, 5.74) is 0. The first-order valence-corrected chi connectivity index (χ1v) is 3.42. The molecule has 0 aromatic rings. The lowest BCUT2D eigenvalue weighted by Crippen LogP contribution is -1.83. The second kappa shape index (κ2) is 10.2. The van der Waals surface area contributed by atoms with E-state index in [-0.39, 0.29) is 0 Å². The molecule has 0 aromatic heterocycles. The number of hydrogen-bond donors (Lipinski definition) is 2. The Bertz CT molecular complexity index is 226. The minimum atomic E-state index is -0.981. The van der Waals surface area contributed by atoms with Crippen LogP contribution >= 0.6 is 0 Å². The Hall–Kier alpha value is -1.84. The van der Waals surface area contributed by atoms with Gasteiger partial charge in [0.15, 0.2) is 0 Å². The van der Waals surface area contributed by atoms with Gasteiger partial charge < -0.3 is 10.2 Å². The molecule has 0 radical (unpaired) electrons. The maximum atomic E-state index is 9.75. The van der Waals surface area contributed by atoms with Gasteiger partial charge in [-0.1, -0.05) is 24.8 Å².